The summed E-state index contributed by atoms with van der Waals surface area (Å²) in [7, 11) is 5.48. The van der Waals surface area contributed by atoms with Crippen molar-refractivity contribution in [3.63, 3.8) is 0 Å². The number of H-pyrrole nitrogens is 1. The molecule has 6 heteroatoms. The van der Waals surface area contributed by atoms with Crippen LogP contribution >= 0.6 is 0 Å². The first kappa shape index (κ1) is 7.79. The molecule has 0 bridgehead atoms. The third-order valence-corrected chi connectivity index (χ3v) is 1.67. The van der Waals surface area contributed by atoms with Gasteiger partial charge in [-0.25, -0.2) is 4.79 Å². The summed E-state index contributed by atoms with van der Waals surface area (Å²) < 4.78 is 0. The number of fused-ring (bicyclic) bond motifs is 1. The predicted molar refractivity (Wildman–Crippen MR) is 46.2 cm³/mol. The first-order chi connectivity index (χ1) is 6.18. The number of aromatic nitrogens is 3. The Bertz CT molecular complexity index is 480. The SMILES string of the molecule is [B]c1cc(C(=O)O)c2n[nH]nc2c1. The van der Waals surface area contributed by atoms with E-state index in [1.54, 1.807) is 6.07 Å². The normalized spacial score (nSPS) is 10.5. The molecule has 0 saturated carbocycles. The van der Waals surface area contributed by atoms with Crippen molar-refractivity contribution in [3.8, 4) is 0 Å². The van der Waals surface area contributed by atoms with Crippen LogP contribution in [0.4, 0.5) is 0 Å². The number of carboxylic acid groups (broad SMARTS) is 1. The van der Waals surface area contributed by atoms with Gasteiger partial charge in [-0.2, -0.15) is 15.4 Å². The van der Waals surface area contributed by atoms with Crippen molar-refractivity contribution in [1.82, 2.24) is 15.4 Å². The minimum absolute atomic E-state index is 0.0590. The molecule has 1 aromatic carbocycles. The van der Waals surface area contributed by atoms with Crippen LogP contribution in [0.2, 0.25) is 0 Å². The average molecular weight is 173 g/mol. The fourth-order valence-corrected chi connectivity index (χ4v) is 1.14. The number of rotatable bonds is 1. The summed E-state index contributed by atoms with van der Waals surface area (Å²) in [6.45, 7) is 0. The second kappa shape index (κ2) is 2.58. The number of carboxylic acids is 1. The third-order valence-electron chi connectivity index (χ3n) is 1.67. The lowest BCUT2D eigenvalue weighted by molar-refractivity contribution is 0.0699. The summed E-state index contributed by atoms with van der Waals surface area (Å²) in [6.07, 6.45) is 0. The van der Waals surface area contributed by atoms with Crippen LogP contribution in [0, 0.1) is 0 Å². The summed E-state index contributed by atoms with van der Waals surface area (Å²) in [6, 6.07) is 2.92. The van der Waals surface area contributed by atoms with E-state index in [1.165, 1.54) is 6.07 Å². The summed E-state index contributed by atoms with van der Waals surface area (Å²) in [5.74, 6) is -1.06. The van der Waals surface area contributed by atoms with E-state index in [0.29, 0.717) is 16.5 Å². The molecule has 0 aliphatic rings. The molecule has 0 unspecified atom stereocenters. The Morgan fingerprint density at radius 3 is 2.92 bits per heavy atom. The Morgan fingerprint density at radius 1 is 1.46 bits per heavy atom. The maximum Gasteiger partial charge on any atom is 0.338 e. The van der Waals surface area contributed by atoms with Crippen molar-refractivity contribution >= 4 is 30.3 Å². The van der Waals surface area contributed by atoms with Crippen molar-refractivity contribution < 1.29 is 9.90 Å². The van der Waals surface area contributed by atoms with Crippen molar-refractivity contribution in [2.24, 2.45) is 0 Å². The lowest BCUT2D eigenvalue weighted by Gasteiger charge is -1.96. The zero-order valence-electron chi connectivity index (χ0n) is 6.48. The molecule has 0 aliphatic carbocycles. The van der Waals surface area contributed by atoms with E-state index < -0.39 is 5.97 Å². The Hall–Kier alpha value is -1.85. The molecule has 62 valence electrons. The standard InChI is InChI=1S/C7H4BN3O2/c8-3-1-4(7(12)13)6-5(2-3)9-11-10-6/h1-2H,(H,12,13)(H,9,10,11). The zero-order valence-corrected chi connectivity index (χ0v) is 6.48. The van der Waals surface area contributed by atoms with Gasteiger partial charge in [0.15, 0.2) is 0 Å². The Balaban J connectivity index is 2.84. The van der Waals surface area contributed by atoms with Gasteiger partial charge < -0.3 is 5.11 Å². The highest BCUT2D eigenvalue weighted by molar-refractivity contribution is 6.33. The number of aromatic carboxylic acids is 1. The first-order valence-corrected chi connectivity index (χ1v) is 3.52. The van der Waals surface area contributed by atoms with Gasteiger partial charge in [-0.1, -0.05) is 11.5 Å². The summed E-state index contributed by atoms with van der Waals surface area (Å²) in [5.41, 5.74) is 1.20. The number of nitrogens with zero attached hydrogens (tertiary/aromatic N) is 2. The van der Waals surface area contributed by atoms with Gasteiger partial charge in [0.25, 0.3) is 0 Å². The third kappa shape index (κ3) is 1.16. The van der Waals surface area contributed by atoms with E-state index in [-0.39, 0.29) is 5.56 Å². The molecular weight excluding hydrogens is 169 g/mol. The number of hydrogen-bond donors (Lipinski definition) is 2. The van der Waals surface area contributed by atoms with Gasteiger partial charge in [-0.3, -0.25) is 0 Å². The lowest BCUT2D eigenvalue weighted by Crippen LogP contribution is -2.07. The van der Waals surface area contributed by atoms with Gasteiger partial charge in [-0.15, -0.1) is 0 Å². The number of nitrogens with one attached hydrogen (secondary N) is 1. The summed E-state index contributed by atoms with van der Waals surface area (Å²) >= 11 is 0. The number of aromatic amines is 1. The molecule has 0 amide bonds. The molecule has 2 N–H and O–H groups in total. The minimum Gasteiger partial charge on any atom is -0.478 e. The van der Waals surface area contributed by atoms with E-state index >= 15 is 0 Å². The van der Waals surface area contributed by atoms with Crippen LogP contribution in [0.5, 0.6) is 0 Å². The summed E-state index contributed by atoms with van der Waals surface area (Å²) in [5, 5.41) is 18.6. The molecule has 2 rings (SSSR count). The monoisotopic (exact) mass is 173 g/mol. The maximum atomic E-state index is 10.7. The number of benzene rings is 1. The highest BCUT2D eigenvalue weighted by Gasteiger charge is 2.11. The van der Waals surface area contributed by atoms with E-state index in [1.807, 2.05) is 0 Å². The van der Waals surface area contributed by atoms with Crippen LogP contribution in [0.25, 0.3) is 11.0 Å². The van der Waals surface area contributed by atoms with Crippen LogP contribution in [0.15, 0.2) is 12.1 Å². The van der Waals surface area contributed by atoms with E-state index in [9.17, 15) is 4.79 Å². The smallest absolute Gasteiger partial charge is 0.338 e. The van der Waals surface area contributed by atoms with Crippen LogP contribution in [0.3, 0.4) is 0 Å². The van der Waals surface area contributed by atoms with Gasteiger partial charge >= 0.3 is 5.97 Å². The highest BCUT2D eigenvalue weighted by Crippen LogP contribution is 2.11. The molecule has 5 nitrogen and oxygen atoms in total. The summed E-state index contributed by atoms with van der Waals surface area (Å²) in [4.78, 5) is 10.7. The van der Waals surface area contributed by atoms with Crippen LogP contribution in [0.1, 0.15) is 10.4 Å². The van der Waals surface area contributed by atoms with Crippen LogP contribution in [-0.4, -0.2) is 34.3 Å². The van der Waals surface area contributed by atoms with Crippen LogP contribution in [-0.2, 0) is 0 Å². The van der Waals surface area contributed by atoms with E-state index in [2.05, 4.69) is 15.4 Å². The quantitative estimate of drug-likeness (QED) is 0.567. The minimum atomic E-state index is -1.06. The molecule has 1 aromatic heterocycles. The molecule has 0 spiro atoms. The molecule has 2 aromatic rings. The largest absolute Gasteiger partial charge is 0.478 e. The fraction of sp³-hybridized carbons (Fsp3) is 0. The Morgan fingerprint density at radius 2 is 2.23 bits per heavy atom. The molecule has 2 radical (unpaired) electrons. The van der Waals surface area contributed by atoms with Gasteiger partial charge in [0.05, 0.1) is 5.56 Å². The first-order valence-electron chi connectivity index (χ1n) is 3.52. The zero-order chi connectivity index (χ0) is 9.42. The van der Waals surface area contributed by atoms with Crippen molar-refractivity contribution in [1.29, 1.82) is 0 Å². The van der Waals surface area contributed by atoms with Gasteiger partial charge in [0.2, 0.25) is 0 Å². The second-order valence-electron chi connectivity index (χ2n) is 2.56. The van der Waals surface area contributed by atoms with Crippen molar-refractivity contribution in [2.75, 3.05) is 0 Å². The Kier molecular flexibility index (Phi) is 1.55. The average Bonchev–Trinajstić information content (AvgIpc) is 2.49. The molecule has 0 fully saturated rings. The second-order valence-corrected chi connectivity index (χ2v) is 2.56. The molecule has 0 atom stereocenters. The molecule has 1 heterocycles. The van der Waals surface area contributed by atoms with E-state index in [4.69, 9.17) is 13.0 Å². The van der Waals surface area contributed by atoms with Crippen LogP contribution < -0.4 is 5.46 Å². The van der Waals surface area contributed by atoms with Crippen molar-refractivity contribution in [3.05, 3.63) is 17.7 Å². The predicted octanol–water partition coefficient (Wildman–Crippen LogP) is -0.550. The highest BCUT2D eigenvalue weighted by atomic mass is 16.4. The van der Waals surface area contributed by atoms with E-state index in [0.717, 1.165) is 0 Å². The van der Waals surface area contributed by atoms with Gasteiger partial charge in [0.1, 0.15) is 18.9 Å². The number of carbonyl (C=O) groups is 1. The lowest BCUT2D eigenvalue weighted by atomic mass is 9.93. The molecule has 13 heavy (non-hydrogen) atoms. The maximum absolute atomic E-state index is 10.7. The Labute approximate surface area is 74.2 Å². The molecule has 0 saturated heterocycles. The fourth-order valence-electron chi connectivity index (χ4n) is 1.14. The van der Waals surface area contributed by atoms with Gasteiger partial charge in [-0.05, 0) is 6.07 Å². The molecular formula is C7H4BN3O2. The van der Waals surface area contributed by atoms with Crippen molar-refractivity contribution in [2.45, 2.75) is 0 Å². The number of hydrogen-bond acceptors (Lipinski definition) is 3. The molecule has 0 aliphatic heterocycles. The van der Waals surface area contributed by atoms with Gasteiger partial charge in [0, 0.05) is 0 Å². The topological polar surface area (TPSA) is 78.9 Å².